The van der Waals surface area contributed by atoms with Crippen molar-refractivity contribution in [3.63, 3.8) is 0 Å². The number of hydrogen-bond acceptors (Lipinski definition) is 2. The minimum absolute atomic E-state index is 0.228. The molecule has 0 N–H and O–H groups in total. The molecule has 2 aromatic rings. The molecule has 0 aliphatic heterocycles. The number of benzene rings is 1. The van der Waals surface area contributed by atoms with Crippen LogP contribution in [0.25, 0.3) is 11.3 Å². The smallest absolute Gasteiger partial charge is 0.212 e. The predicted molar refractivity (Wildman–Crippen MR) is 60.9 cm³/mol. The fraction of sp³-hybridized carbons (Fsp3) is 0.250. The third-order valence-electron chi connectivity index (χ3n) is 2.31. The number of aryl methyl sites for hydroxylation is 1. The molecule has 2 nitrogen and oxygen atoms in total. The molecule has 16 heavy (non-hydrogen) atoms. The van der Waals surface area contributed by atoms with Gasteiger partial charge in [0.15, 0.2) is 5.76 Å². The van der Waals surface area contributed by atoms with Crippen LogP contribution < -0.4 is 0 Å². The highest BCUT2D eigenvalue weighted by Gasteiger charge is 2.11. The number of rotatable bonds is 2. The molecular weight excluding hydrogens is 229 g/mol. The van der Waals surface area contributed by atoms with E-state index in [9.17, 15) is 4.39 Å². The standard InChI is InChI=1S/C12H11ClFNO/c1-7-5-9(3-4-10(7)14)11-6-15-12(16-11)8(2)13/h3-6,8H,1-2H3. The monoisotopic (exact) mass is 239 g/mol. The number of aromatic nitrogens is 1. The van der Waals surface area contributed by atoms with Gasteiger partial charge in [-0.3, -0.25) is 0 Å². The van der Waals surface area contributed by atoms with Gasteiger partial charge in [0.2, 0.25) is 5.89 Å². The molecule has 0 aliphatic rings. The zero-order valence-electron chi connectivity index (χ0n) is 9.00. The first-order chi connectivity index (χ1) is 7.58. The number of oxazole rings is 1. The minimum atomic E-state index is -0.268. The molecule has 0 aliphatic carbocycles. The Morgan fingerprint density at radius 1 is 1.44 bits per heavy atom. The Morgan fingerprint density at radius 2 is 2.19 bits per heavy atom. The minimum Gasteiger partial charge on any atom is -0.439 e. The molecule has 0 radical (unpaired) electrons. The van der Waals surface area contributed by atoms with Gasteiger partial charge in [-0.25, -0.2) is 9.37 Å². The lowest BCUT2D eigenvalue weighted by Crippen LogP contribution is -1.83. The Hall–Kier alpha value is -1.35. The van der Waals surface area contributed by atoms with Crippen molar-refractivity contribution in [2.24, 2.45) is 0 Å². The maximum atomic E-state index is 13.1. The van der Waals surface area contributed by atoms with Crippen molar-refractivity contribution in [1.82, 2.24) is 4.98 Å². The summed E-state index contributed by atoms with van der Waals surface area (Å²) in [5, 5.41) is -0.268. The fourth-order valence-electron chi connectivity index (χ4n) is 1.40. The average Bonchev–Trinajstić information content (AvgIpc) is 2.71. The maximum Gasteiger partial charge on any atom is 0.212 e. The van der Waals surface area contributed by atoms with Crippen molar-refractivity contribution in [3.8, 4) is 11.3 Å². The molecule has 0 bridgehead atoms. The van der Waals surface area contributed by atoms with E-state index in [2.05, 4.69) is 4.98 Å². The van der Waals surface area contributed by atoms with Gasteiger partial charge in [0.1, 0.15) is 11.2 Å². The zero-order chi connectivity index (χ0) is 11.7. The summed E-state index contributed by atoms with van der Waals surface area (Å²) in [5.74, 6) is 0.846. The third kappa shape index (κ3) is 2.09. The summed E-state index contributed by atoms with van der Waals surface area (Å²) >= 11 is 5.84. The van der Waals surface area contributed by atoms with Crippen molar-refractivity contribution >= 4 is 11.6 Å². The van der Waals surface area contributed by atoms with E-state index < -0.39 is 0 Å². The van der Waals surface area contributed by atoms with Crippen molar-refractivity contribution in [2.75, 3.05) is 0 Å². The van der Waals surface area contributed by atoms with Gasteiger partial charge < -0.3 is 4.42 Å². The van der Waals surface area contributed by atoms with Gasteiger partial charge in [-0.2, -0.15) is 0 Å². The number of alkyl halides is 1. The van der Waals surface area contributed by atoms with E-state index in [0.717, 1.165) is 5.56 Å². The van der Waals surface area contributed by atoms with Gasteiger partial charge in [-0.05, 0) is 37.6 Å². The molecule has 2 rings (SSSR count). The number of halogens is 2. The average molecular weight is 240 g/mol. The van der Waals surface area contributed by atoms with Crippen LogP contribution in [0.2, 0.25) is 0 Å². The van der Waals surface area contributed by atoms with Crippen LogP contribution >= 0.6 is 11.6 Å². The van der Waals surface area contributed by atoms with Crippen LogP contribution in [0.15, 0.2) is 28.8 Å². The van der Waals surface area contributed by atoms with Gasteiger partial charge in [0.25, 0.3) is 0 Å². The molecule has 84 valence electrons. The highest BCUT2D eigenvalue weighted by Crippen LogP contribution is 2.26. The van der Waals surface area contributed by atoms with Gasteiger partial charge in [0.05, 0.1) is 6.20 Å². The molecule has 1 heterocycles. The Labute approximate surface area is 98.1 Å². The molecule has 1 unspecified atom stereocenters. The summed E-state index contributed by atoms with van der Waals surface area (Å²) in [6.07, 6.45) is 1.60. The van der Waals surface area contributed by atoms with Crippen molar-refractivity contribution in [1.29, 1.82) is 0 Å². The van der Waals surface area contributed by atoms with Gasteiger partial charge in [0, 0.05) is 5.56 Å². The van der Waals surface area contributed by atoms with Gasteiger partial charge >= 0.3 is 0 Å². The van der Waals surface area contributed by atoms with Gasteiger partial charge in [-0.1, -0.05) is 0 Å². The maximum absolute atomic E-state index is 13.1. The van der Waals surface area contributed by atoms with E-state index in [4.69, 9.17) is 16.0 Å². The van der Waals surface area contributed by atoms with Crippen LogP contribution in [0.4, 0.5) is 4.39 Å². The molecule has 0 spiro atoms. The largest absolute Gasteiger partial charge is 0.439 e. The van der Waals surface area contributed by atoms with E-state index in [1.54, 1.807) is 32.2 Å². The first kappa shape index (κ1) is 11.1. The molecule has 1 aromatic heterocycles. The Kier molecular flexibility index (Phi) is 2.97. The first-order valence-corrected chi connectivity index (χ1v) is 5.38. The molecule has 0 saturated carbocycles. The third-order valence-corrected chi connectivity index (χ3v) is 2.49. The summed E-state index contributed by atoms with van der Waals surface area (Å²) in [7, 11) is 0. The second kappa shape index (κ2) is 4.26. The SMILES string of the molecule is Cc1cc(-c2cnc(C(C)Cl)o2)ccc1F. The Balaban J connectivity index is 2.39. The van der Waals surface area contributed by atoms with Gasteiger partial charge in [-0.15, -0.1) is 11.6 Å². The normalized spacial score (nSPS) is 12.8. The lowest BCUT2D eigenvalue weighted by molar-refractivity contribution is 0.508. The molecule has 1 aromatic carbocycles. The van der Waals surface area contributed by atoms with E-state index in [1.165, 1.54) is 6.07 Å². The molecule has 0 saturated heterocycles. The summed E-state index contributed by atoms with van der Waals surface area (Å²) in [6.45, 7) is 3.49. The van der Waals surface area contributed by atoms with E-state index in [0.29, 0.717) is 17.2 Å². The van der Waals surface area contributed by atoms with Crippen molar-refractivity contribution in [2.45, 2.75) is 19.2 Å². The summed E-state index contributed by atoms with van der Waals surface area (Å²) < 4.78 is 18.5. The molecular formula is C12H11ClFNO. The number of nitrogens with zero attached hydrogens (tertiary/aromatic N) is 1. The summed E-state index contributed by atoms with van der Waals surface area (Å²) in [6, 6.07) is 4.79. The second-order valence-corrected chi connectivity index (χ2v) is 4.30. The van der Waals surface area contributed by atoms with Crippen LogP contribution in [0, 0.1) is 12.7 Å². The molecule has 0 fully saturated rings. The summed E-state index contributed by atoms with van der Waals surface area (Å²) in [4.78, 5) is 4.05. The van der Waals surface area contributed by atoms with Crippen LogP contribution in [0.1, 0.15) is 23.8 Å². The Morgan fingerprint density at radius 3 is 2.75 bits per heavy atom. The van der Waals surface area contributed by atoms with E-state index in [1.807, 2.05) is 0 Å². The highest BCUT2D eigenvalue weighted by atomic mass is 35.5. The zero-order valence-corrected chi connectivity index (χ0v) is 9.75. The van der Waals surface area contributed by atoms with E-state index in [-0.39, 0.29) is 11.2 Å². The lowest BCUT2D eigenvalue weighted by Gasteiger charge is -2.00. The van der Waals surface area contributed by atoms with Crippen molar-refractivity contribution in [3.05, 3.63) is 41.7 Å². The van der Waals surface area contributed by atoms with Crippen LogP contribution in [0.5, 0.6) is 0 Å². The molecule has 1 atom stereocenters. The topological polar surface area (TPSA) is 26.0 Å². The lowest BCUT2D eigenvalue weighted by atomic mass is 10.1. The van der Waals surface area contributed by atoms with Crippen LogP contribution in [0.3, 0.4) is 0 Å². The molecule has 0 amide bonds. The van der Waals surface area contributed by atoms with Crippen LogP contribution in [-0.4, -0.2) is 4.98 Å². The Bertz CT molecular complexity index is 507. The highest BCUT2D eigenvalue weighted by molar-refractivity contribution is 6.20. The number of hydrogen-bond donors (Lipinski definition) is 0. The first-order valence-electron chi connectivity index (χ1n) is 4.94. The fourth-order valence-corrected chi connectivity index (χ4v) is 1.50. The van der Waals surface area contributed by atoms with E-state index >= 15 is 0 Å². The van der Waals surface area contributed by atoms with Crippen LogP contribution in [-0.2, 0) is 0 Å². The summed E-state index contributed by atoms with van der Waals surface area (Å²) in [5.41, 5.74) is 1.38. The second-order valence-electron chi connectivity index (χ2n) is 3.64. The van der Waals surface area contributed by atoms with Crippen molar-refractivity contribution < 1.29 is 8.81 Å². The molecule has 4 heteroatoms. The quantitative estimate of drug-likeness (QED) is 0.738. The predicted octanol–water partition coefficient (Wildman–Crippen LogP) is 4.09.